The van der Waals surface area contributed by atoms with Crippen molar-refractivity contribution in [3.05, 3.63) is 101 Å². The highest BCUT2D eigenvalue weighted by atomic mass is 15.0. The molecule has 0 unspecified atom stereocenters. The molecule has 2 aliphatic carbocycles. The quantitative estimate of drug-likeness (QED) is 0.264. The zero-order valence-corrected chi connectivity index (χ0v) is 16.6. The fourth-order valence-electron chi connectivity index (χ4n) is 4.49. The number of anilines is 2. The first-order chi connectivity index (χ1) is 14.4. The monoisotopic (exact) mass is 392 g/mol. The maximum atomic E-state index is 6.21. The van der Waals surface area contributed by atoms with Crippen molar-refractivity contribution in [1.82, 2.24) is 0 Å². The SMILES string of the molecule is C1=Cc2cccc3cccc(c23)C1.Nc1ccc2c(c1)C(N)(N)c1cc(N)ccc1-2. The molecule has 0 bridgehead atoms. The van der Waals surface area contributed by atoms with Crippen molar-refractivity contribution >= 4 is 28.2 Å². The molecule has 6 rings (SSSR count). The second-order valence-corrected chi connectivity index (χ2v) is 7.95. The molecular formula is C26H24N4. The summed E-state index contributed by atoms with van der Waals surface area (Å²) in [5, 5.41) is 2.80. The van der Waals surface area contributed by atoms with Gasteiger partial charge in [-0.05, 0) is 63.7 Å². The summed E-state index contributed by atoms with van der Waals surface area (Å²) in [5.41, 5.74) is 30.8. The molecule has 2 aliphatic rings. The van der Waals surface area contributed by atoms with Gasteiger partial charge in [-0.2, -0.15) is 0 Å². The summed E-state index contributed by atoms with van der Waals surface area (Å²) in [6.07, 6.45) is 5.53. The first kappa shape index (κ1) is 18.4. The van der Waals surface area contributed by atoms with Gasteiger partial charge in [0, 0.05) is 22.5 Å². The van der Waals surface area contributed by atoms with E-state index in [-0.39, 0.29) is 0 Å². The van der Waals surface area contributed by atoms with E-state index in [4.69, 9.17) is 22.9 Å². The molecule has 0 fully saturated rings. The number of rotatable bonds is 0. The van der Waals surface area contributed by atoms with Gasteiger partial charge in [0.25, 0.3) is 0 Å². The van der Waals surface area contributed by atoms with E-state index in [2.05, 4.69) is 48.6 Å². The van der Waals surface area contributed by atoms with Gasteiger partial charge in [-0.25, -0.2) is 0 Å². The van der Waals surface area contributed by atoms with Crippen LogP contribution in [0, 0.1) is 0 Å². The highest BCUT2D eigenvalue weighted by molar-refractivity contribution is 5.94. The minimum absolute atomic E-state index is 0.657. The topological polar surface area (TPSA) is 104 Å². The van der Waals surface area contributed by atoms with Gasteiger partial charge in [0.2, 0.25) is 0 Å². The second kappa shape index (κ2) is 6.73. The molecule has 0 amide bonds. The number of hydrogen-bond acceptors (Lipinski definition) is 4. The number of fused-ring (bicyclic) bond motifs is 3. The minimum atomic E-state index is -1.02. The fraction of sp³-hybridized carbons (Fsp3) is 0.0769. The van der Waals surface area contributed by atoms with E-state index < -0.39 is 5.66 Å². The van der Waals surface area contributed by atoms with Crippen molar-refractivity contribution in [3.63, 3.8) is 0 Å². The molecule has 148 valence electrons. The molecule has 0 saturated carbocycles. The molecule has 0 heterocycles. The van der Waals surface area contributed by atoms with Gasteiger partial charge in [-0.1, -0.05) is 60.7 Å². The average Bonchev–Trinajstić information content (AvgIpc) is 2.96. The van der Waals surface area contributed by atoms with Gasteiger partial charge in [-0.3, -0.25) is 0 Å². The van der Waals surface area contributed by atoms with E-state index in [1.165, 1.54) is 21.9 Å². The number of nitrogen functional groups attached to an aromatic ring is 2. The number of allylic oxidation sites excluding steroid dienone is 1. The first-order valence-electron chi connectivity index (χ1n) is 10.0. The van der Waals surface area contributed by atoms with Crippen molar-refractivity contribution in [2.45, 2.75) is 12.1 Å². The molecule has 30 heavy (non-hydrogen) atoms. The van der Waals surface area contributed by atoms with Crippen molar-refractivity contribution in [2.24, 2.45) is 11.5 Å². The molecule has 0 atom stereocenters. The average molecular weight is 393 g/mol. The van der Waals surface area contributed by atoms with Gasteiger partial charge >= 0.3 is 0 Å². The molecule has 0 radical (unpaired) electrons. The van der Waals surface area contributed by atoms with Crippen molar-refractivity contribution in [2.75, 3.05) is 11.5 Å². The maximum absolute atomic E-state index is 6.21. The van der Waals surface area contributed by atoms with Gasteiger partial charge in [0.05, 0.1) is 0 Å². The van der Waals surface area contributed by atoms with Crippen LogP contribution in [0.25, 0.3) is 28.0 Å². The van der Waals surface area contributed by atoms with Crippen LogP contribution in [-0.4, -0.2) is 0 Å². The van der Waals surface area contributed by atoms with Gasteiger partial charge in [0.15, 0.2) is 0 Å². The number of nitrogens with two attached hydrogens (primary N) is 4. The van der Waals surface area contributed by atoms with Crippen molar-refractivity contribution < 1.29 is 0 Å². The van der Waals surface area contributed by atoms with Crippen LogP contribution < -0.4 is 22.9 Å². The Hall–Kier alpha value is -3.60. The van der Waals surface area contributed by atoms with Crippen molar-refractivity contribution in [3.8, 4) is 11.1 Å². The summed E-state index contributed by atoms with van der Waals surface area (Å²) in [7, 11) is 0. The number of hydrogen-bond donors (Lipinski definition) is 4. The highest BCUT2D eigenvalue weighted by Gasteiger charge is 2.36. The Morgan fingerprint density at radius 1 is 0.700 bits per heavy atom. The third kappa shape index (κ3) is 2.86. The Balaban J connectivity index is 0.000000133. The normalized spacial score (nSPS) is 14.6. The Morgan fingerprint density at radius 2 is 1.30 bits per heavy atom. The summed E-state index contributed by atoms with van der Waals surface area (Å²) < 4.78 is 0. The predicted molar refractivity (Wildman–Crippen MR) is 127 cm³/mol. The van der Waals surface area contributed by atoms with Gasteiger partial charge in [0.1, 0.15) is 5.66 Å². The Labute approximate surface area is 175 Å². The summed E-state index contributed by atoms with van der Waals surface area (Å²) in [6.45, 7) is 0. The Morgan fingerprint density at radius 3 is 1.93 bits per heavy atom. The molecular weight excluding hydrogens is 368 g/mol. The van der Waals surface area contributed by atoms with Crippen LogP contribution >= 0.6 is 0 Å². The molecule has 0 aromatic heterocycles. The van der Waals surface area contributed by atoms with Crippen LogP contribution in [0.3, 0.4) is 0 Å². The zero-order chi connectivity index (χ0) is 20.9. The van der Waals surface area contributed by atoms with E-state index >= 15 is 0 Å². The lowest BCUT2D eigenvalue weighted by Crippen LogP contribution is -2.45. The van der Waals surface area contributed by atoms with Crippen LogP contribution in [0.4, 0.5) is 11.4 Å². The molecule has 8 N–H and O–H groups in total. The molecule has 0 aliphatic heterocycles. The van der Waals surface area contributed by atoms with Crippen LogP contribution in [0.5, 0.6) is 0 Å². The van der Waals surface area contributed by atoms with Crippen LogP contribution in [-0.2, 0) is 12.1 Å². The third-order valence-electron chi connectivity index (χ3n) is 5.93. The summed E-state index contributed by atoms with van der Waals surface area (Å²) in [4.78, 5) is 0. The predicted octanol–water partition coefficient (Wildman–Crippen LogP) is 4.36. The van der Waals surface area contributed by atoms with E-state index in [0.717, 1.165) is 28.7 Å². The Kier molecular flexibility index (Phi) is 4.13. The van der Waals surface area contributed by atoms with Gasteiger partial charge < -0.3 is 22.9 Å². The molecule has 0 spiro atoms. The largest absolute Gasteiger partial charge is 0.399 e. The smallest absolute Gasteiger partial charge is 0.118 e. The second-order valence-electron chi connectivity index (χ2n) is 7.95. The van der Waals surface area contributed by atoms with Crippen LogP contribution in [0.2, 0.25) is 0 Å². The van der Waals surface area contributed by atoms with E-state index in [0.29, 0.717) is 11.4 Å². The summed E-state index contributed by atoms with van der Waals surface area (Å²) in [6, 6.07) is 24.3. The zero-order valence-electron chi connectivity index (χ0n) is 16.6. The molecule has 4 nitrogen and oxygen atoms in total. The van der Waals surface area contributed by atoms with E-state index in [1.807, 2.05) is 36.4 Å². The third-order valence-corrected chi connectivity index (χ3v) is 5.93. The van der Waals surface area contributed by atoms with Crippen molar-refractivity contribution in [1.29, 1.82) is 0 Å². The van der Waals surface area contributed by atoms with Crippen LogP contribution in [0.1, 0.15) is 22.3 Å². The molecule has 0 saturated heterocycles. The summed E-state index contributed by atoms with van der Waals surface area (Å²) in [5.74, 6) is 0. The minimum Gasteiger partial charge on any atom is -0.399 e. The molecule has 4 heteroatoms. The lowest BCUT2D eigenvalue weighted by molar-refractivity contribution is 0.584. The van der Waals surface area contributed by atoms with Crippen LogP contribution in [0.15, 0.2) is 78.9 Å². The lowest BCUT2D eigenvalue weighted by atomic mass is 9.93. The highest BCUT2D eigenvalue weighted by Crippen LogP contribution is 2.44. The number of benzene rings is 4. The van der Waals surface area contributed by atoms with E-state index in [1.54, 1.807) is 0 Å². The fourth-order valence-corrected chi connectivity index (χ4v) is 4.49. The molecule has 4 aromatic carbocycles. The first-order valence-corrected chi connectivity index (χ1v) is 10.0. The van der Waals surface area contributed by atoms with Gasteiger partial charge in [-0.15, -0.1) is 0 Å². The summed E-state index contributed by atoms with van der Waals surface area (Å²) >= 11 is 0. The standard InChI is InChI=1S/C13H14N4.C13H10/c14-7-1-3-9-10-4-2-8(15)6-12(10)13(16,17)11(9)5-7;1-4-10-6-2-8-12-9-3-7-11(5-1)13(10)12/h1-6H,14-17H2;1-8H,9H2. The van der Waals surface area contributed by atoms with E-state index in [9.17, 15) is 0 Å². The maximum Gasteiger partial charge on any atom is 0.118 e. The Bertz CT molecular complexity index is 1260. The lowest BCUT2D eigenvalue weighted by Gasteiger charge is -2.21. The molecule has 4 aromatic rings.